The largest absolute Gasteiger partial charge is 0.456 e. The maximum absolute atomic E-state index is 13.6. The molecule has 4 heteroatoms. The molecule has 1 aliphatic rings. The lowest BCUT2D eigenvalue weighted by molar-refractivity contribution is 0.00401. The first-order chi connectivity index (χ1) is 6.59. The molecule has 1 heterocycles. The second-order valence-electron chi connectivity index (χ2n) is 3.24. The number of hydrogen-bond donors (Lipinski definition) is 0. The summed E-state index contributed by atoms with van der Waals surface area (Å²) >= 11 is 3.22. The van der Waals surface area contributed by atoms with Crippen molar-refractivity contribution < 1.29 is 13.9 Å². The summed E-state index contributed by atoms with van der Waals surface area (Å²) in [5.74, 6) is -0.456. The predicted molar refractivity (Wildman–Crippen MR) is 52.9 cm³/mol. The number of carbonyl (C=O) groups excluding carboxylic acids is 1. The molecule has 1 aromatic carbocycles. The average molecular weight is 259 g/mol. The molecule has 0 radical (unpaired) electrons. The number of fused-ring (bicyclic) bond motifs is 1. The van der Waals surface area contributed by atoms with Gasteiger partial charge in [-0.2, -0.15) is 0 Å². The normalized spacial score (nSPS) is 25.5. The first kappa shape index (κ1) is 9.65. The van der Waals surface area contributed by atoms with Gasteiger partial charge in [0.25, 0.3) is 0 Å². The summed E-state index contributed by atoms with van der Waals surface area (Å²) in [6, 6.07) is 4.91. The van der Waals surface area contributed by atoms with Crippen LogP contribution < -0.4 is 0 Å². The highest BCUT2D eigenvalue weighted by molar-refractivity contribution is 9.10. The third kappa shape index (κ3) is 1.43. The third-order valence-electron chi connectivity index (χ3n) is 2.24. The minimum Gasteiger partial charge on any atom is -0.456 e. The van der Waals surface area contributed by atoms with Crippen molar-refractivity contribution >= 4 is 21.9 Å². The number of esters is 1. The zero-order valence-corrected chi connectivity index (χ0v) is 9.05. The van der Waals surface area contributed by atoms with E-state index >= 15 is 0 Å². The minimum absolute atomic E-state index is 0.310. The number of benzene rings is 1. The number of rotatable bonds is 0. The van der Waals surface area contributed by atoms with Gasteiger partial charge in [-0.15, -0.1) is 0 Å². The number of ether oxygens (including phenoxy) is 1. The fourth-order valence-corrected chi connectivity index (χ4v) is 1.85. The number of halogens is 2. The Labute approximate surface area is 89.2 Å². The Kier molecular flexibility index (Phi) is 2.31. The maximum Gasteiger partial charge on any atom is 0.338 e. The molecule has 0 aliphatic carbocycles. The van der Waals surface area contributed by atoms with E-state index in [4.69, 9.17) is 4.74 Å². The molecule has 0 spiro atoms. The van der Waals surface area contributed by atoms with Crippen LogP contribution in [0, 0.1) is 0 Å². The summed E-state index contributed by atoms with van der Waals surface area (Å²) in [6.45, 7) is 1.55. The highest BCUT2D eigenvalue weighted by atomic mass is 79.9. The molecule has 14 heavy (non-hydrogen) atoms. The smallest absolute Gasteiger partial charge is 0.338 e. The molecule has 0 N–H and O–H groups in total. The van der Waals surface area contributed by atoms with Crippen molar-refractivity contribution in [2.24, 2.45) is 0 Å². The molecule has 2 atom stereocenters. The molecule has 2 nitrogen and oxygen atoms in total. The second kappa shape index (κ2) is 3.35. The summed E-state index contributed by atoms with van der Waals surface area (Å²) in [5, 5.41) is 0. The molecule has 0 saturated carbocycles. The van der Waals surface area contributed by atoms with Crippen molar-refractivity contribution in [1.29, 1.82) is 0 Å². The van der Waals surface area contributed by atoms with E-state index in [1.54, 1.807) is 25.1 Å². The highest BCUT2D eigenvalue weighted by Gasteiger charge is 2.32. The lowest BCUT2D eigenvalue weighted by atomic mass is 9.98. The summed E-state index contributed by atoms with van der Waals surface area (Å²) < 4.78 is 19.2. The van der Waals surface area contributed by atoms with E-state index in [-0.39, 0.29) is 0 Å². The van der Waals surface area contributed by atoms with Crippen LogP contribution in [-0.4, -0.2) is 12.1 Å². The van der Waals surface area contributed by atoms with E-state index in [1.807, 2.05) is 0 Å². The fraction of sp³-hybridized carbons (Fsp3) is 0.300. The van der Waals surface area contributed by atoms with Crippen molar-refractivity contribution in [3.8, 4) is 0 Å². The van der Waals surface area contributed by atoms with Gasteiger partial charge in [-0.25, -0.2) is 9.18 Å². The van der Waals surface area contributed by atoms with Crippen LogP contribution in [0.1, 0.15) is 29.0 Å². The van der Waals surface area contributed by atoms with Crippen LogP contribution in [0.15, 0.2) is 22.7 Å². The van der Waals surface area contributed by atoms with Gasteiger partial charge >= 0.3 is 5.97 Å². The zero-order chi connectivity index (χ0) is 10.3. The Bertz CT molecular complexity index is 392. The maximum atomic E-state index is 13.6. The Morgan fingerprint density at radius 2 is 2.21 bits per heavy atom. The molecule has 1 aliphatic heterocycles. The fourth-order valence-electron chi connectivity index (χ4n) is 1.49. The van der Waals surface area contributed by atoms with E-state index in [0.29, 0.717) is 11.1 Å². The first-order valence-electron chi connectivity index (χ1n) is 4.24. The number of alkyl halides is 1. The summed E-state index contributed by atoms with van der Waals surface area (Å²) in [7, 11) is 0. The molecular formula is C10H8BrFO2. The molecular weight excluding hydrogens is 251 g/mol. The van der Waals surface area contributed by atoms with Gasteiger partial charge in [0.2, 0.25) is 0 Å². The third-order valence-corrected chi connectivity index (χ3v) is 2.73. The van der Waals surface area contributed by atoms with Crippen molar-refractivity contribution in [3.05, 3.63) is 33.8 Å². The molecule has 0 bridgehead atoms. The van der Waals surface area contributed by atoms with Crippen LogP contribution in [-0.2, 0) is 4.74 Å². The van der Waals surface area contributed by atoms with Crippen LogP contribution >= 0.6 is 15.9 Å². The summed E-state index contributed by atoms with van der Waals surface area (Å²) in [5.41, 5.74) is 0.724. The van der Waals surface area contributed by atoms with Gasteiger partial charge in [0.1, 0.15) is 6.10 Å². The quantitative estimate of drug-likeness (QED) is 0.669. The molecule has 2 rings (SSSR count). The number of hydrogen-bond acceptors (Lipinski definition) is 2. The van der Waals surface area contributed by atoms with E-state index in [9.17, 15) is 9.18 Å². The van der Waals surface area contributed by atoms with E-state index in [2.05, 4.69) is 15.9 Å². The lowest BCUT2D eigenvalue weighted by Crippen LogP contribution is -2.27. The monoisotopic (exact) mass is 258 g/mol. The molecule has 1 aromatic rings. The minimum atomic E-state index is -1.23. The van der Waals surface area contributed by atoms with Crippen LogP contribution in [0.25, 0.3) is 0 Å². The van der Waals surface area contributed by atoms with Crippen molar-refractivity contribution in [2.75, 3.05) is 0 Å². The summed E-state index contributed by atoms with van der Waals surface area (Å²) in [6.07, 6.45) is -1.92. The van der Waals surface area contributed by atoms with Crippen LogP contribution in [0.4, 0.5) is 4.39 Å². The van der Waals surface area contributed by atoms with Crippen LogP contribution in [0.2, 0.25) is 0 Å². The molecule has 0 amide bonds. The van der Waals surface area contributed by atoms with Gasteiger partial charge in [0.05, 0.1) is 5.56 Å². The standard InChI is InChI=1S/C10H8BrFO2/c1-5-9(12)7-3-2-6(11)4-8(7)10(13)14-5/h2-5,9H,1H3/t5-,9+/m0/s1. The number of cyclic esters (lactones) is 1. The van der Waals surface area contributed by atoms with Gasteiger partial charge in [0, 0.05) is 10.0 Å². The molecule has 0 fully saturated rings. The summed E-state index contributed by atoms with van der Waals surface area (Å²) in [4.78, 5) is 11.4. The average Bonchev–Trinajstić information content (AvgIpc) is 2.14. The Balaban J connectivity index is 2.56. The highest BCUT2D eigenvalue weighted by Crippen LogP contribution is 2.33. The number of carbonyl (C=O) groups is 1. The Morgan fingerprint density at radius 3 is 2.93 bits per heavy atom. The topological polar surface area (TPSA) is 26.3 Å². The van der Waals surface area contributed by atoms with Crippen molar-refractivity contribution in [2.45, 2.75) is 19.2 Å². The predicted octanol–water partition coefficient (Wildman–Crippen LogP) is 3.02. The first-order valence-corrected chi connectivity index (χ1v) is 5.03. The van der Waals surface area contributed by atoms with Crippen molar-refractivity contribution in [1.82, 2.24) is 0 Å². The van der Waals surface area contributed by atoms with Gasteiger partial charge in [-0.05, 0) is 19.1 Å². The van der Waals surface area contributed by atoms with Gasteiger partial charge in [0.15, 0.2) is 6.17 Å². The SMILES string of the molecule is C[C@@H]1OC(=O)c2cc(Br)ccc2[C@@H]1F. The second-order valence-corrected chi connectivity index (χ2v) is 4.16. The van der Waals surface area contributed by atoms with E-state index in [0.717, 1.165) is 4.47 Å². The lowest BCUT2D eigenvalue weighted by Gasteiger charge is -2.25. The van der Waals surface area contributed by atoms with Gasteiger partial charge in [-0.1, -0.05) is 22.0 Å². The molecule has 0 aromatic heterocycles. The van der Waals surface area contributed by atoms with E-state index in [1.165, 1.54) is 0 Å². The zero-order valence-electron chi connectivity index (χ0n) is 7.46. The van der Waals surface area contributed by atoms with Gasteiger partial charge in [-0.3, -0.25) is 0 Å². The Morgan fingerprint density at radius 1 is 1.50 bits per heavy atom. The van der Waals surface area contributed by atoms with E-state index < -0.39 is 18.2 Å². The van der Waals surface area contributed by atoms with Gasteiger partial charge < -0.3 is 4.74 Å². The van der Waals surface area contributed by atoms with Crippen molar-refractivity contribution in [3.63, 3.8) is 0 Å². The Hall–Kier alpha value is -0.900. The van der Waals surface area contributed by atoms with Crippen LogP contribution in [0.5, 0.6) is 0 Å². The molecule has 0 saturated heterocycles. The molecule has 74 valence electrons. The van der Waals surface area contributed by atoms with Crippen LogP contribution in [0.3, 0.4) is 0 Å². The molecule has 0 unspecified atom stereocenters.